The predicted octanol–water partition coefficient (Wildman–Crippen LogP) is 2.60. The van der Waals surface area contributed by atoms with Gasteiger partial charge in [-0.1, -0.05) is 11.6 Å². The van der Waals surface area contributed by atoms with Crippen molar-refractivity contribution in [2.75, 3.05) is 0 Å². The number of rotatable bonds is 2. The van der Waals surface area contributed by atoms with Crippen molar-refractivity contribution < 1.29 is 14.3 Å². The lowest BCUT2D eigenvalue weighted by atomic mass is 10.1. The SMILES string of the molecule is Cc1ccc(F)c(-c2nc(C)cc(C(=O)O)n2)c1. The normalized spacial score (nSPS) is 10.4. The zero-order chi connectivity index (χ0) is 13.3. The topological polar surface area (TPSA) is 63.1 Å². The Hall–Kier alpha value is -2.30. The number of carbonyl (C=O) groups is 1. The molecule has 5 heteroatoms. The van der Waals surface area contributed by atoms with Gasteiger partial charge in [-0.2, -0.15) is 0 Å². The second kappa shape index (κ2) is 4.52. The molecule has 0 atom stereocenters. The van der Waals surface area contributed by atoms with Gasteiger partial charge in [-0.3, -0.25) is 0 Å². The van der Waals surface area contributed by atoms with Gasteiger partial charge in [0.15, 0.2) is 11.5 Å². The molecular formula is C13H11FN2O2. The zero-order valence-electron chi connectivity index (χ0n) is 9.94. The van der Waals surface area contributed by atoms with Crippen LogP contribution in [0.15, 0.2) is 24.3 Å². The number of carboxylic acids is 1. The molecule has 0 aliphatic heterocycles. The Morgan fingerprint density at radius 2 is 1.94 bits per heavy atom. The second-order valence-corrected chi connectivity index (χ2v) is 4.01. The molecule has 0 aliphatic rings. The largest absolute Gasteiger partial charge is 0.477 e. The summed E-state index contributed by atoms with van der Waals surface area (Å²) in [5.41, 5.74) is 1.41. The summed E-state index contributed by atoms with van der Waals surface area (Å²) >= 11 is 0. The maximum Gasteiger partial charge on any atom is 0.354 e. The molecule has 0 amide bonds. The number of aryl methyl sites for hydroxylation is 2. The average Bonchev–Trinajstić information content (AvgIpc) is 2.31. The van der Waals surface area contributed by atoms with Crippen LogP contribution in [0.2, 0.25) is 0 Å². The van der Waals surface area contributed by atoms with Crippen LogP contribution in [-0.2, 0) is 0 Å². The van der Waals surface area contributed by atoms with E-state index in [0.717, 1.165) is 5.56 Å². The van der Waals surface area contributed by atoms with Crippen molar-refractivity contribution in [3.8, 4) is 11.4 Å². The fourth-order valence-corrected chi connectivity index (χ4v) is 1.61. The van der Waals surface area contributed by atoms with Crippen LogP contribution in [0.3, 0.4) is 0 Å². The van der Waals surface area contributed by atoms with Crippen molar-refractivity contribution in [1.82, 2.24) is 9.97 Å². The van der Waals surface area contributed by atoms with Crippen molar-refractivity contribution in [3.63, 3.8) is 0 Å². The van der Waals surface area contributed by atoms with Crippen LogP contribution in [0.4, 0.5) is 4.39 Å². The van der Waals surface area contributed by atoms with Crippen molar-refractivity contribution >= 4 is 5.97 Å². The van der Waals surface area contributed by atoms with E-state index >= 15 is 0 Å². The van der Waals surface area contributed by atoms with Crippen molar-refractivity contribution in [1.29, 1.82) is 0 Å². The maximum atomic E-state index is 13.7. The van der Waals surface area contributed by atoms with E-state index in [0.29, 0.717) is 5.69 Å². The van der Waals surface area contributed by atoms with Gasteiger partial charge in [-0.15, -0.1) is 0 Å². The first-order chi connectivity index (χ1) is 8.47. The summed E-state index contributed by atoms with van der Waals surface area (Å²) in [7, 11) is 0. The second-order valence-electron chi connectivity index (χ2n) is 4.01. The lowest BCUT2D eigenvalue weighted by Gasteiger charge is -2.05. The molecule has 1 N–H and O–H groups in total. The molecule has 0 unspecified atom stereocenters. The van der Waals surface area contributed by atoms with E-state index in [4.69, 9.17) is 5.11 Å². The third-order valence-electron chi connectivity index (χ3n) is 2.44. The van der Waals surface area contributed by atoms with E-state index in [1.54, 1.807) is 19.1 Å². The molecule has 1 heterocycles. The lowest BCUT2D eigenvalue weighted by Crippen LogP contribution is -2.05. The van der Waals surface area contributed by atoms with Crippen molar-refractivity contribution in [3.05, 3.63) is 47.0 Å². The van der Waals surface area contributed by atoms with Crippen LogP contribution >= 0.6 is 0 Å². The molecule has 0 saturated carbocycles. The third-order valence-corrected chi connectivity index (χ3v) is 2.44. The van der Waals surface area contributed by atoms with Gasteiger partial charge in [0.2, 0.25) is 0 Å². The summed E-state index contributed by atoms with van der Waals surface area (Å²) in [5.74, 6) is -1.54. The van der Waals surface area contributed by atoms with E-state index in [1.165, 1.54) is 12.1 Å². The number of carboxylic acid groups (broad SMARTS) is 1. The Morgan fingerprint density at radius 1 is 1.22 bits per heavy atom. The first-order valence-electron chi connectivity index (χ1n) is 5.33. The summed E-state index contributed by atoms with van der Waals surface area (Å²) in [6.45, 7) is 3.46. The van der Waals surface area contributed by atoms with Gasteiger partial charge in [-0.05, 0) is 32.0 Å². The molecule has 0 bridgehead atoms. The molecule has 0 spiro atoms. The first kappa shape index (κ1) is 12.2. The molecule has 0 saturated heterocycles. The maximum absolute atomic E-state index is 13.7. The standard InChI is InChI=1S/C13H11FN2O2/c1-7-3-4-10(14)9(5-7)12-15-8(2)6-11(16-12)13(17)18/h3-6H,1-2H3,(H,17,18). The van der Waals surface area contributed by atoms with Gasteiger partial charge in [-0.25, -0.2) is 19.2 Å². The molecule has 0 radical (unpaired) electrons. The van der Waals surface area contributed by atoms with Gasteiger partial charge < -0.3 is 5.11 Å². The van der Waals surface area contributed by atoms with Gasteiger partial charge in [0, 0.05) is 5.69 Å². The Balaban J connectivity index is 2.63. The molecule has 0 aliphatic carbocycles. The molecule has 2 rings (SSSR count). The van der Waals surface area contributed by atoms with Crippen LogP contribution in [0.25, 0.3) is 11.4 Å². The molecule has 0 fully saturated rings. The number of hydrogen-bond acceptors (Lipinski definition) is 3. The van der Waals surface area contributed by atoms with Crippen molar-refractivity contribution in [2.24, 2.45) is 0 Å². The van der Waals surface area contributed by atoms with E-state index in [9.17, 15) is 9.18 Å². The number of nitrogens with zero attached hydrogens (tertiary/aromatic N) is 2. The highest BCUT2D eigenvalue weighted by Gasteiger charge is 2.13. The number of aromatic carboxylic acids is 1. The van der Waals surface area contributed by atoms with Crippen LogP contribution in [0.5, 0.6) is 0 Å². The fourth-order valence-electron chi connectivity index (χ4n) is 1.61. The van der Waals surface area contributed by atoms with Gasteiger partial charge in [0.1, 0.15) is 5.82 Å². The summed E-state index contributed by atoms with van der Waals surface area (Å²) in [4.78, 5) is 18.8. The Morgan fingerprint density at radius 3 is 2.61 bits per heavy atom. The van der Waals surface area contributed by atoms with E-state index in [1.807, 2.05) is 6.92 Å². The quantitative estimate of drug-likeness (QED) is 0.884. The molecule has 1 aromatic heterocycles. The highest BCUT2D eigenvalue weighted by Crippen LogP contribution is 2.21. The summed E-state index contributed by atoms with van der Waals surface area (Å²) in [5, 5.41) is 8.92. The van der Waals surface area contributed by atoms with Crippen LogP contribution in [0.1, 0.15) is 21.7 Å². The minimum Gasteiger partial charge on any atom is -0.477 e. The Bertz CT molecular complexity index is 626. The molecule has 1 aromatic carbocycles. The van der Waals surface area contributed by atoms with Crippen LogP contribution in [-0.4, -0.2) is 21.0 Å². The van der Waals surface area contributed by atoms with Gasteiger partial charge in [0.25, 0.3) is 0 Å². The molecular weight excluding hydrogens is 235 g/mol. The third kappa shape index (κ3) is 2.34. The lowest BCUT2D eigenvalue weighted by molar-refractivity contribution is 0.0690. The van der Waals surface area contributed by atoms with Gasteiger partial charge in [0.05, 0.1) is 5.56 Å². The van der Waals surface area contributed by atoms with Gasteiger partial charge >= 0.3 is 5.97 Å². The van der Waals surface area contributed by atoms with Crippen LogP contribution in [0, 0.1) is 19.7 Å². The van der Waals surface area contributed by atoms with E-state index < -0.39 is 11.8 Å². The minimum absolute atomic E-state index is 0.0913. The zero-order valence-corrected chi connectivity index (χ0v) is 9.94. The Kier molecular flexibility index (Phi) is 3.06. The highest BCUT2D eigenvalue weighted by molar-refractivity contribution is 5.86. The summed E-state index contributed by atoms with van der Waals surface area (Å²) in [6.07, 6.45) is 0. The van der Waals surface area contributed by atoms with Crippen LogP contribution < -0.4 is 0 Å². The number of benzene rings is 1. The number of hydrogen-bond donors (Lipinski definition) is 1. The summed E-state index contributed by atoms with van der Waals surface area (Å²) in [6, 6.07) is 5.89. The highest BCUT2D eigenvalue weighted by atomic mass is 19.1. The molecule has 92 valence electrons. The fraction of sp³-hybridized carbons (Fsp3) is 0.154. The minimum atomic E-state index is -1.16. The molecule has 4 nitrogen and oxygen atoms in total. The van der Waals surface area contributed by atoms with E-state index in [-0.39, 0.29) is 17.1 Å². The number of halogens is 1. The molecule has 2 aromatic rings. The molecule has 18 heavy (non-hydrogen) atoms. The predicted molar refractivity (Wildman–Crippen MR) is 63.9 cm³/mol. The monoisotopic (exact) mass is 246 g/mol. The van der Waals surface area contributed by atoms with Crippen molar-refractivity contribution in [2.45, 2.75) is 13.8 Å². The average molecular weight is 246 g/mol. The summed E-state index contributed by atoms with van der Waals surface area (Å²) < 4.78 is 13.7. The van der Waals surface area contributed by atoms with E-state index in [2.05, 4.69) is 9.97 Å². The smallest absolute Gasteiger partial charge is 0.354 e. The Labute approximate surface area is 103 Å². The first-order valence-corrected chi connectivity index (χ1v) is 5.33. The number of aromatic nitrogens is 2.